The summed E-state index contributed by atoms with van der Waals surface area (Å²) < 4.78 is 28.9. The predicted octanol–water partition coefficient (Wildman–Crippen LogP) is 4.08. The lowest BCUT2D eigenvalue weighted by atomic mass is 10.1. The van der Waals surface area contributed by atoms with Crippen molar-refractivity contribution in [2.45, 2.75) is 37.6 Å². The van der Waals surface area contributed by atoms with E-state index in [0.717, 1.165) is 0 Å². The Bertz CT molecular complexity index is 1170. The van der Waals surface area contributed by atoms with Gasteiger partial charge >= 0.3 is 0 Å². The quantitative estimate of drug-likeness (QED) is 0.515. The number of rotatable bonds is 5. The molecule has 0 saturated carbocycles. The summed E-state index contributed by atoms with van der Waals surface area (Å²) in [6.45, 7) is 5.76. The molecular weight excluding hydrogens is 459 g/mol. The van der Waals surface area contributed by atoms with Crippen molar-refractivity contribution in [2.75, 3.05) is 6.54 Å². The third-order valence-electron chi connectivity index (χ3n) is 4.22. The predicted molar refractivity (Wildman–Crippen MR) is 123 cm³/mol. The van der Waals surface area contributed by atoms with Crippen molar-refractivity contribution in [2.24, 2.45) is 9.50 Å². The molecular formula is C21H22Cl2N4O3S. The molecule has 10 heteroatoms. The number of hydrazone groups is 1. The van der Waals surface area contributed by atoms with E-state index in [1.54, 1.807) is 36.4 Å². The molecule has 0 aromatic heterocycles. The first-order valence-corrected chi connectivity index (χ1v) is 11.7. The summed E-state index contributed by atoms with van der Waals surface area (Å²) in [4.78, 5) is 12.4. The van der Waals surface area contributed by atoms with Crippen molar-refractivity contribution >= 4 is 51.2 Å². The van der Waals surface area contributed by atoms with E-state index in [1.807, 2.05) is 20.8 Å². The molecule has 7 nitrogen and oxygen atoms in total. The number of amidine groups is 1. The fourth-order valence-electron chi connectivity index (χ4n) is 2.92. The minimum Gasteiger partial charge on any atom is -0.351 e. The van der Waals surface area contributed by atoms with Crippen LogP contribution in [0.1, 0.15) is 38.3 Å². The molecule has 31 heavy (non-hydrogen) atoms. The van der Waals surface area contributed by atoms with E-state index < -0.39 is 10.0 Å². The smallest absolute Gasteiger partial charge is 0.285 e. The van der Waals surface area contributed by atoms with E-state index in [2.05, 4.69) is 14.8 Å². The highest BCUT2D eigenvalue weighted by Gasteiger charge is 2.32. The summed E-state index contributed by atoms with van der Waals surface area (Å²) in [5, 5.41) is 9.56. The lowest BCUT2D eigenvalue weighted by Gasteiger charge is -2.22. The Morgan fingerprint density at radius 3 is 2.58 bits per heavy atom. The Balaban J connectivity index is 1.93. The van der Waals surface area contributed by atoms with E-state index in [1.165, 1.54) is 17.3 Å². The van der Waals surface area contributed by atoms with Crippen LogP contribution in [-0.2, 0) is 14.8 Å². The average molecular weight is 481 g/mol. The van der Waals surface area contributed by atoms with Gasteiger partial charge in [0.15, 0.2) is 5.84 Å². The van der Waals surface area contributed by atoms with Crippen molar-refractivity contribution in [3.05, 3.63) is 63.6 Å². The number of sulfonamides is 1. The number of carbonyl (C=O) groups excluding carboxylic acids is 1. The molecule has 1 heterocycles. The van der Waals surface area contributed by atoms with Gasteiger partial charge in [0.2, 0.25) is 5.91 Å². The van der Waals surface area contributed by atoms with Gasteiger partial charge in [-0.05, 0) is 45.0 Å². The normalized spacial score (nSPS) is 14.9. The highest BCUT2D eigenvalue weighted by Crippen LogP contribution is 2.28. The molecule has 164 valence electrons. The van der Waals surface area contributed by atoms with E-state index >= 15 is 0 Å². The summed E-state index contributed by atoms with van der Waals surface area (Å²) in [5.74, 6) is -0.0348. The van der Waals surface area contributed by atoms with Crippen molar-refractivity contribution in [1.82, 2.24) is 10.3 Å². The highest BCUT2D eigenvalue weighted by atomic mass is 35.5. The van der Waals surface area contributed by atoms with Crippen molar-refractivity contribution in [3.8, 4) is 0 Å². The zero-order chi connectivity index (χ0) is 22.8. The number of halogens is 2. The molecule has 0 saturated heterocycles. The van der Waals surface area contributed by atoms with Crippen LogP contribution in [0.15, 0.2) is 56.9 Å². The first-order chi connectivity index (χ1) is 14.5. The summed E-state index contributed by atoms with van der Waals surface area (Å²) in [6, 6.07) is 11.4. The standard InChI is InChI=1S/C21H22Cl2N4O3S/c1-21(2,3)25-19(28)10-11-27(24-13-14-8-9-15(22)12-17(14)23)20-16-6-4-5-7-18(16)31(29,30)26-20/h4-9,12-13H,10-11H2,1-3H3,(H,25,28)/b24-13+. The zero-order valence-corrected chi connectivity index (χ0v) is 19.6. The number of nitrogens with one attached hydrogen (secondary N) is 1. The Morgan fingerprint density at radius 2 is 1.90 bits per heavy atom. The summed E-state index contributed by atoms with van der Waals surface area (Å²) in [6.07, 6.45) is 1.57. The van der Waals surface area contributed by atoms with Crippen molar-refractivity contribution in [1.29, 1.82) is 0 Å². The Hall–Kier alpha value is -2.42. The minimum absolute atomic E-state index is 0.0875. The maximum atomic E-state index is 12.5. The van der Waals surface area contributed by atoms with Gasteiger partial charge in [-0.3, -0.25) is 4.79 Å². The molecule has 2 aromatic carbocycles. The van der Waals surface area contributed by atoms with Crippen LogP contribution in [0.5, 0.6) is 0 Å². The average Bonchev–Trinajstić information content (AvgIpc) is 2.93. The lowest BCUT2D eigenvalue weighted by Crippen LogP contribution is -2.42. The Morgan fingerprint density at radius 1 is 1.19 bits per heavy atom. The molecule has 1 aliphatic heterocycles. The maximum absolute atomic E-state index is 12.5. The molecule has 3 rings (SSSR count). The SMILES string of the molecule is CC(C)(C)NC(=O)CCN(/N=C/c1ccc(Cl)cc1Cl)C1=NS(=O)(=O)c2ccccc21. The van der Waals surface area contributed by atoms with Gasteiger partial charge in [-0.15, -0.1) is 4.40 Å². The number of amides is 1. The number of hydrogen-bond donors (Lipinski definition) is 1. The van der Waals surface area contributed by atoms with Crippen LogP contribution in [0.2, 0.25) is 10.0 Å². The molecule has 1 amide bonds. The number of fused-ring (bicyclic) bond motifs is 1. The molecule has 1 aliphatic rings. The Labute approximate surface area is 191 Å². The van der Waals surface area contributed by atoms with Crippen LogP contribution >= 0.6 is 23.2 Å². The summed E-state index contributed by atoms with van der Waals surface area (Å²) in [5.41, 5.74) is 0.631. The van der Waals surface area contributed by atoms with Gasteiger partial charge in [-0.1, -0.05) is 41.4 Å². The summed E-state index contributed by atoms with van der Waals surface area (Å²) in [7, 11) is -3.84. The molecule has 0 unspecified atom stereocenters. The second-order valence-corrected chi connectivity index (χ2v) is 10.4. The largest absolute Gasteiger partial charge is 0.351 e. The molecule has 0 radical (unpaired) electrons. The van der Waals surface area contributed by atoms with Crippen LogP contribution in [-0.4, -0.2) is 43.5 Å². The third kappa shape index (κ3) is 5.84. The molecule has 0 fully saturated rings. The molecule has 2 aromatic rings. The highest BCUT2D eigenvalue weighted by molar-refractivity contribution is 7.90. The monoisotopic (exact) mass is 480 g/mol. The molecule has 1 N–H and O–H groups in total. The Kier molecular flexibility index (Phi) is 6.73. The molecule has 0 spiro atoms. The molecule has 0 aliphatic carbocycles. The van der Waals surface area contributed by atoms with Crippen LogP contribution < -0.4 is 5.32 Å². The number of nitrogens with zero attached hydrogens (tertiary/aromatic N) is 3. The van der Waals surface area contributed by atoms with Gasteiger partial charge < -0.3 is 5.32 Å². The van der Waals surface area contributed by atoms with Crippen LogP contribution in [0.3, 0.4) is 0 Å². The van der Waals surface area contributed by atoms with E-state index in [-0.39, 0.29) is 35.1 Å². The fourth-order valence-corrected chi connectivity index (χ4v) is 4.58. The topological polar surface area (TPSA) is 91.2 Å². The van der Waals surface area contributed by atoms with Crippen LogP contribution in [0.25, 0.3) is 0 Å². The first-order valence-electron chi connectivity index (χ1n) is 9.48. The summed E-state index contributed by atoms with van der Waals surface area (Å²) >= 11 is 12.2. The molecule has 0 atom stereocenters. The van der Waals surface area contributed by atoms with E-state index in [0.29, 0.717) is 21.2 Å². The van der Waals surface area contributed by atoms with Gasteiger partial charge in [0.25, 0.3) is 10.0 Å². The number of carbonyl (C=O) groups is 1. The van der Waals surface area contributed by atoms with E-state index in [4.69, 9.17) is 23.2 Å². The van der Waals surface area contributed by atoms with Gasteiger partial charge in [-0.2, -0.15) is 13.5 Å². The first kappa shape index (κ1) is 23.2. The lowest BCUT2D eigenvalue weighted by molar-refractivity contribution is -0.122. The van der Waals surface area contributed by atoms with Gasteiger partial charge in [0, 0.05) is 28.1 Å². The second kappa shape index (κ2) is 8.98. The zero-order valence-electron chi connectivity index (χ0n) is 17.3. The van der Waals surface area contributed by atoms with Crippen molar-refractivity contribution < 1.29 is 13.2 Å². The van der Waals surface area contributed by atoms with Gasteiger partial charge in [-0.25, -0.2) is 5.01 Å². The van der Waals surface area contributed by atoms with Crippen molar-refractivity contribution in [3.63, 3.8) is 0 Å². The van der Waals surface area contributed by atoms with Gasteiger partial charge in [0.05, 0.1) is 17.8 Å². The van der Waals surface area contributed by atoms with Gasteiger partial charge in [0.1, 0.15) is 4.90 Å². The third-order valence-corrected chi connectivity index (χ3v) is 6.11. The number of benzene rings is 2. The minimum atomic E-state index is -3.84. The second-order valence-electron chi connectivity index (χ2n) is 7.97. The van der Waals surface area contributed by atoms with Crippen LogP contribution in [0, 0.1) is 0 Å². The number of hydrogen-bond acceptors (Lipinski definition) is 5. The van der Waals surface area contributed by atoms with Crippen LogP contribution in [0.4, 0.5) is 0 Å². The van der Waals surface area contributed by atoms with E-state index in [9.17, 15) is 13.2 Å². The fraction of sp³-hybridized carbons (Fsp3) is 0.286. The molecule has 0 bridgehead atoms. The maximum Gasteiger partial charge on any atom is 0.285 e.